The van der Waals surface area contributed by atoms with Gasteiger partial charge in [0.25, 0.3) is 0 Å². The number of hydrogen-bond donors (Lipinski definition) is 1. The molecular formula is C10H13BrN2O3S. The molecule has 1 saturated heterocycles. The second-order valence-corrected chi connectivity index (χ2v) is 6.91. The molecule has 7 heteroatoms. The maximum absolute atomic E-state index is 12.1. The number of sulfonamides is 1. The molecule has 1 aliphatic heterocycles. The average Bonchev–Trinajstić information content (AvgIpc) is 2.64. The standard InChI is InChI=1S/C10H13BrN2O3S/c1-10(2-3-16-7-10)13-17(14,15)9-4-8(11)5-12-6-9/h4-6,13H,2-3,7H2,1H3. The summed E-state index contributed by atoms with van der Waals surface area (Å²) in [4.78, 5) is 4.00. The summed E-state index contributed by atoms with van der Waals surface area (Å²) in [6.45, 7) is 2.81. The fraction of sp³-hybridized carbons (Fsp3) is 0.500. The van der Waals surface area contributed by atoms with E-state index < -0.39 is 15.6 Å². The van der Waals surface area contributed by atoms with Crippen LogP contribution in [0.3, 0.4) is 0 Å². The van der Waals surface area contributed by atoms with Crippen LogP contribution in [0.5, 0.6) is 0 Å². The lowest BCUT2D eigenvalue weighted by Crippen LogP contribution is -2.46. The molecule has 5 nitrogen and oxygen atoms in total. The highest BCUT2D eigenvalue weighted by Crippen LogP contribution is 2.22. The van der Waals surface area contributed by atoms with Crippen molar-refractivity contribution in [2.24, 2.45) is 0 Å². The maximum Gasteiger partial charge on any atom is 0.242 e. The van der Waals surface area contributed by atoms with Crippen molar-refractivity contribution in [3.63, 3.8) is 0 Å². The van der Waals surface area contributed by atoms with E-state index in [2.05, 4.69) is 25.6 Å². The lowest BCUT2D eigenvalue weighted by molar-refractivity contribution is 0.178. The normalized spacial score (nSPS) is 25.1. The van der Waals surface area contributed by atoms with Crippen LogP contribution in [-0.4, -0.2) is 32.2 Å². The van der Waals surface area contributed by atoms with Crippen molar-refractivity contribution in [3.05, 3.63) is 22.9 Å². The fourth-order valence-corrected chi connectivity index (χ4v) is 3.60. The summed E-state index contributed by atoms with van der Waals surface area (Å²) in [5.41, 5.74) is -0.527. The van der Waals surface area contributed by atoms with E-state index in [9.17, 15) is 8.42 Å². The second kappa shape index (κ2) is 4.64. The smallest absolute Gasteiger partial charge is 0.242 e. The van der Waals surface area contributed by atoms with Crippen LogP contribution in [0, 0.1) is 0 Å². The average molecular weight is 321 g/mol. The topological polar surface area (TPSA) is 68.3 Å². The Labute approximate surface area is 109 Å². The van der Waals surface area contributed by atoms with Gasteiger partial charge >= 0.3 is 0 Å². The number of pyridine rings is 1. The number of rotatable bonds is 3. The summed E-state index contributed by atoms with van der Waals surface area (Å²) in [5, 5.41) is 0. The van der Waals surface area contributed by atoms with Crippen LogP contribution in [0.4, 0.5) is 0 Å². The van der Waals surface area contributed by atoms with Gasteiger partial charge in [-0.25, -0.2) is 13.1 Å². The van der Waals surface area contributed by atoms with Crippen LogP contribution in [0.15, 0.2) is 27.8 Å². The molecule has 0 aromatic carbocycles. The Morgan fingerprint density at radius 3 is 2.88 bits per heavy atom. The van der Waals surface area contributed by atoms with Crippen LogP contribution in [0.1, 0.15) is 13.3 Å². The predicted octanol–water partition coefficient (Wildman–Crippen LogP) is 1.30. The van der Waals surface area contributed by atoms with Crippen LogP contribution in [0.25, 0.3) is 0 Å². The molecule has 94 valence electrons. The number of halogens is 1. The minimum absolute atomic E-state index is 0.153. The molecular weight excluding hydrogens is 308 g/mol. The van der Waals surface area contributed by atoms with E-state index in [0.29, 0.717) is 24.1 Å². The minimum Gasteiger partial charge on any atom is -0.379 e. The van der Waals surface area contributed by atoms with Gasteiger partial charge in [0.05, 0.1) is 12.1 Å². The Morgan fingerprint density at radius 1 is 1.53 bits per heavy atom. The predicted molar refractivity (Wildman–Crippen MR) is 66.1 cm³/mol. The highest BCUT2D eigenvalue weighted by atomic mass is 79.9. The first-order valence-electron chi connectivity index (χ1n) is 5.14. The van der Waals surface area contributed by atoms with Gasteiger partial charge in [0.1, 0.15) is 4.90 Å². The number of aromatic nitrogens is 1. The minimum atomic E-state index is -3.55. The molecule has 1 aliphatic rings. The van der Waals surface area contributed by atoms with Gasteiger partial charge in [-0.3, -0.25) is 4.98 Å². The molecule has 0 aliphatic carbocycles. The first-order valence-corrected chi connectivity index (χ1v) is 7.41. The molecule has 2 rings (SSSR count). The van der Waals surface area contributed by atoms with Crippen molar-refractivity contribution >= 4 is 26.0 Å². The summed E-state index contributed by atoms with van der Waals surface area (Å²) in [6.07, 6.45) is 3.54. The van der Waals surface area contributed by atoms with Crippen LogP contribution in [-0.2, 0) is 14.8 Å². The molecule has 0 radical (unpaired) electrons. The van der Waals surface area contributed by atoms with Gasteiger partial charge in [0.2, 0.25) is 10.0 Å². The van der Waals surface area contributed by atoms with Crippen LogP contribution >= 0.6 is 15.9 Å². The first-order chi connectivity index (χ1) is 7.91. The lowest BCUT2D eigenvalue weighted by Gasteiger charge is -2.23. The van der Waals surface area contributed by atoms with Crippen molar-refractivity contribution in [1.29, 1.82) is 0 Å². The van der Waals surface area contributed by atoms with Crippen molar-refractivity contribution < 1.29 is 13.2 Å². The van der Waals surface area contributed by atoms with E-state index in [4.69, 9.17) is 4.74 Å². The maximum atomic E-state index is 12.1. The number of hydrogen-bond acceptors (Lipinski definition) is 4. The lowest BCUT2D eigenvalue weighted by atomic mass is 10.0. The quantitative estimate of drug-likeness (QED) is 0.911. The van der Waals surface area contributed by atoms with Crippen LogP contribution in [0.2, 0.25) is 0 Å². The Morgan fingerprint density at radius 2 is 2.29 bits per heavy atom. The van der Waals surface area contributed by atoms with Gasteiger partial charge in [0.15, 0.2) is 0 Å². The third-order valence-corrected chi connectivity index (χ3v) is 4.63. The molecule has 1 atom stereocenters. The number of ether oxygens (including phenoxy) is 1. The monoisotopic (exact) mass is 320 g/mol. The van der Waals surface area contributed by atoms with Gasteiger partial charge < -0.3 is 4.74 Å². The summed E-state index contributed by atoms with van der Waals surface area (Å²) in [6, 6.07) is 1.52. The molecule has 2 heterocycles. The highest BCUT2D eigenvalue weighted by molar-refractivity contribution is 9.10. The van der Waals surface area contributed by atoms with Gasteiger partial charge in [-0.05, 0) is 35.3 Å². The molecule has 0 amide bonds. The second-order valence-electron chi connectivity index (χ2n) is 4.31. The van der Waals surface area contributed by atoms with Gasteiger partial charge in [0, 0.05) is 23.5 Å². The molecule has 1 fully saturated rings. The van der Waals surface area contributed by atoms with E-state index in [1.165, 1.54) is 12.3 Å². The third kappa shape index (κ3) is 3.04. The molecule has 0 spiro atoms. The Balaban J connectivity index is 2.25. The number of nitrogens with zero attached hydrogens (tertiary/aromatic N) is 1. The zero-order valence-corrected chi connectivity index (χ0v) is 11.7. The van der Waals surface area contributed by atoms with Crippen molar-refractivity contribution in [2.45, 2.75) is 23.8 Å². The molecule has 1 aromatic heterocycles. The molecule has 1 N–H and O–H groups in total. The van der Waals surface area contributed by atoms with Gasteiger partial charge in [-0.2, -0.15) is 0 Å². The van der Waals surface area contributed by atoms with E-state index in [1.54, 1.807) is 6.20 Å². The summed E-state index contributed by atoms with van der Waals surface area (Å²) < 4.78 is 32.7. The summed E-state index contributed by atoms with van der Waals surface area (Å²) in [5.74, 6) is 0. The van der Waals surface area contributed by atoms with E-state index in [0.717, 1.165) is 0 Å². The summed E-state index contributed by atoms with van der Waals surface area (Å²) in [7, 11) is -3.55. The first kappa shape index (κ1) is 12.9. The van der Waals surface area contributed by atoms with Gasteiger partial charge in [-0.1, -0.05) is 0 Å². The SMILES string of the molecule is CC1(NS(=O)(=O)c2cncc(Br)c2)CCOC1. The van der Waals surface area contributed by atoms with Crippen molar-refractivity contribution in [3.8, 4) is 0 Å². The zero-order valence-electron chi connectivity index (χ0n) is 9.31. The Kier molecular flexibility index (Phi) is 3.53. The Bertz CT molecular complexity index is 512. The molecule has 1 unspecified atom stereocenters. The number of nitrogens with one attached hydrogen (secondary N) is 1. The largest absolute Gasteiger partial charge is 0.379 e. The van der Waals surface area contributed by atoms with Crippen molar-refractivity contribution in [1.82, 2.24) is 9.71 Å². The van der Waals surface area contributed by atoms with Crippen LogP contribution < -0.4 is 4.72 Å². The summed E-state index contributed by atoms with van der Waals surface area (Å²) >= 11 is 3.20. The third-order valence-electron chi connectivity index (χ3n) is 2.59. The van der Waals surface area contributed by atoms with E-state index in [-0.39, 0.29) is 4.90 Å². The van der Waals surface area contributed by atoms with Crippen molar-refractivity contribution in [2.75, 3.05) is 13.2 Å². The van der Waals surface area contributed by atoms with E-state index in [1.807, 2.05) is 6.92 Å². The highest BCUT2D eigenvalue weighted by Gasteiger charge is 2.34. The molecule has 1 aromatic rings. The van der Waals surface area contributed by atoms with Gasteiger partial charge in [-0.15, -0.1) is 0 Å². The molecule has 0 bridgehead atoms. The fourth-order valence-electron chi connectivity index (χ4n) is 1.67. The Hall–Kier alpha value is -0.500. The zero-order chi connectivity index (χ0) is 12.5. The molecule has 17 heavy (non-hydrogen) atoms. The molecule has 0 saturated carbocycles. The van der Waals surface area contributed by atoms with E-state index >= 15 is 0 Å².